The number of aromatic nitrogens is 1. The first kappa shape index (κ1) is 20.0. The maximum absolute atomic E-state index is 13.4. The van der Waals surface area contributed by atoms with Gasteiger partial charge in [0, 0.05) is 17.5 Å². The molecule has 0 saturated carbocycles. The fraction of sp³-hybridized carbons (Fsp3) is 0.318. The van der Waals surface area contributed by atoms with Gasteiger partial charge >= 0.3 is 5.97 Å². The van der Waals surface area contributed by atoms with Gasteiger partial charge in [0.25, 0.3) is 5.91 Å². The van der Waals surface area contributed by atoms with Crippen LogP contribution in [0.2, 0.25) is 0 Å². The molecule has 3 aromatic rings. The van der Waals surface area contributed by atoms with Crippen LogP contribution in [0, 0.1) is 0 Å². The highest BCUT2D eigenvalue weighted by Crippen LogP contribution is 2.22. The Morgan fingerprint density at radius 1 is 1.11 bits per heavy atom. The van der Waals surface area contributed by atoms with Gasteiger partial charge in [-0.3, -0.25) is 4.79 Å². The lowest BCUT2D eigenvalue weighted by Crippen LogP contribution is -2.31. The number of methoxy groups -OCH3 is 1. The number of fused-ring (bicyclic) bond motifs is 1. The first-order chi connectivity index (χ1) is 13.6. The molecule has 0 aliphatic heterocycles. The molecule has 146 valence electrons. The van der Waals surface area contributed by atoms with E-state index in [1.54, 1.807) is 5.38 Å². The molecule has 0 aliphatic carbocycles. The molecule has 5 nitrogen and oxygen atoms in total. The van der Waals surface area contributed by atoms with Gasteiger partial charge in [-0.05, 0) is 23.3 Å². The maximum Gasteiger partial charge on any atom is 0.357 e. The summed E-state index contributed by atoms with van der Waals surface area (Å²) in [5, 5.41) is 4.40. The number of unbranched alkanes of at least 4 members (excludes halogenated alkanes) is 2. The van der Waals surface area contributed by atoms with E-state index in [-0.39, 0.29) is 11.6 Å². The second-order valence-electron chi connectivity index (χ2n) is 6.58. The number of ether oxygens (including phenoxy) is 1. The summed E-state index contributed by atoms with van der Waals surface area (Å²) in [6.45, 7) is 3.18. The molecule has 0 radical (unpaired) electrons. The highest BCUT2D eigenvalue weighted by molar-refractivity contribution is 7.09. The van der Waals surface area contributed by atoms with Crippen LogP contribution in [-0.4, -0.2) is 35.4 Å². The summed E-state index contributed by atoms with van der Waals surface area (Å²) in [5.41, 5.74) is 0.980. The molecule has 1 aromatic heterocycles. The third-order valence-electron chi connectivity index (χ3n) is 4.61. The molecule has 3 rings (SSSR count). The van der Waals surface area contributed by atoms with Crippen molar-refractivity contribution in [3.8, 4) is 0 Å². The molecule has 0 saturated heterocycles. The number of carbonyl (C=O) groups excluding carboxylic acids is 2. The van der Waals surface area contributed by atoms with Gasteiger partial charge in [-0.2, -0.15) is 0 Å². The van der Waals surface area contributed by atoms with Crippen molar-refractivity contribution < 1.29 is 14.3 Å². The summed E-state index contributed by atoms with van der Waals surface area (Å²) in [6, 6.07) is 13.7. The number of amides is 1. The SMILES string of the molecule is CCCCCN(Cc1nc(C(=O)OC)cs1)C(=O)c1cccc2ccccc12. The minimum atomic E-state index is -0.458. The second-order valence-corrected chi connectivity index (χ2v) is 7.52. The van der Waals surface area contributed by atoms with Crippen LogP contribution < -0.4 is 0 Å². The average Bonchev–Trinajstić information content (AvgIpc) is 3.20. The zero-order valence-corrected chi connectivity index (χ0v) is 17.0. The van der Waals surface area contributed by atoms with Crippen LogP contribution in [0.1, 0.15) is 52.0 Å². The normalized spacial score (nSPS) is 10.8. The Hall–Kier alpha value is -2.73. The van der Waals surface area contributed by atoms with E-state index >= 15 is 0 Å². The van der Waals surface area contributed by atoms with E-state index in [0.717, 1.165) is 35.0 Å². The van der Waals surface area contributed by atoms with Crippen molar-refractivity contribution in [2.24, 2.45) is 0 Å². The van der Waals surface area contributed by atoms with E-state index < -0.39 is 5.97 Å². The number of benzene rings is 2. The van der Waals surface area contributed by atoms with Crippen molar-refractivity contribution in [2.45, 2.75) is 32.7 Å². The number of thiazole rings is 1. The first-order valence-corrected chi connectivity index (χ1v) is 10.3. The van der Waals surface area contributed by atoms with Crippen LogP contribution in [-0.2, 0) is 11.3 Å². The summed E-state index contributed by atoms with van der Waals surface area (Å²) in [7, 11) is 1.34. The van der Waals surface area contributed by atoms with Crippen LogP contribution in [0.25, 0.3) is 10.8 Å². The van der Waals surface area contributed by atoms with E-state index in [2.05, 4.69) is 11.9 Å². The van der Waals surface area contributed by atoms with Crippen molar-refractivity contribution >= 4 is 34.0 Å². The third kappa shape index (κ3) is 4.57. The topological polar surface area (TPSA) is 59.5 Å². The largest absolute Gasteiger partial charge is 0.464 e. The molecule has 1 amide bonds. The standard InChI is InChI=1S/C22H24N2O3S/c1-3-4-7-13-24(14-20-23-19(15-28-20)22(26)27-2)21(25)18-12-8-10-16-9-5-6-11-17(16)18/h5-6,8-12,15H,3-4,7,13-14H2,1-2H3. The fourth-order valence-electron chi connectivity index (χ4n) is 3.13. The van der Waals surface area contributed by atoms with Crippen molar-refractivity contribution in [1.82, 2.24) is 9.88 Å². The van der Waals surface area contributed by atoms with E-state index in [1.807, 2.05) is 47.4 Å². The van der Waals surface area contributed by atoms with Gasteiger partial charge in [0.1, 0.15) is 5.01 Å². The summed E-state index contributed by atoms with van der Waals surface area (Å²) in [6.07, 6.45) is 3.08. The second kappa shape index (κ2) is 9.46. The first-order valence-electron chi connectivity index (χ1n) is 9.43. The zero-order valence-electron chi connectivity index (χ0n) is 16.2. The van der Waals surface area contributed by atoms with E-state index in [0.29, 0.717) is 18.7 Å². The third-order valence-corrected chi connectivity index (χ3v) is 5.44. The number of hydrogen-bond donors (Lipinski definition) is 0. The fourth-order valence-corrected chi connectivity index (χ4v) is 3.91. The van der Waals surface area contributed by atoms with Gasteiger partial charge < -0.3 is 9.64 Å². The molecule has 2 aromatic carbocycles. The Morgan fingerprint density at radius 2 is 1.89 bits per heavy atom. The highest BCUT2D eigenvalue weighted by atomic mass is 32.1. The smallest absolute Gasteiger partial charge is 0.357 e. The molecule has 0 atom stereocenters. The minimum absolute atomic E-state index is 0.0114. The number of nitrogens with zero attached hydrogens (tertiary/aromatic N) is 2. The predicted molar refractivity (Wildman–Crippen MR) is 112 cm³/mol. The lowest BCUT2D eigenvalue weighted by atomic mass is 10.0. The Kier molecular flexibility index (Phi) is 6.76. The number of rotatable bonds is 8. The molecule has 0 aliphatic rings. The van der Waals surface area contributed by atoms with Crippen LogP contribution >= 0.6 is 11.3 Å². The lowest BCUT2D eigenvalue weighted by molar-refractivity contribution is 0.0594. The Morgan fingerprint density at radius 3 is 2.68 bits per heavy atom. The molecular weight excluding hydrogens is 372 g/mol. The monoisotopic (exact) mass is 396 g/mol. The molecule has 1 heterocycles. The van der Waals surface area contributed by atoms with Crippen LogP contribution in [0.3, 0.4) is 0 Å². The molecule has 0 N–H and O–H groups in total. The molecular formula is C22H24N2O3S. The minimum Gasteiger partial charge on any atom is -0.464 e. The van der Waals surface area contributed by atoms with Crippen LogP contribution in [0.5, 0.6) is 0 Å². The van der Waals surface area contributed by atoms with Crippen molar-refractivity contribution in [2.75, 3.05) is 13.7 Å². The summed E-state index contributed by atoms with van der Waals surface area (Å²) in [4.78, 5) is 31.2. The average molecular weight is 397 g/mol. The van der Waals surface area contributed by atoms with Gasteiger partial charge in [0.15, 0.2) is 5.69 Å². The zero-order chi connectivity index (χ0) is 19.9. The highest BCUT2D eigenvalue weighted by Gasteiger charge is 2.20. The molecule has 6 heteroatoms. The van der Waals surface area contributed by atoms with Crippen molar-refractivity contribution in [3.05, 3.63) is 64.1 Å². The number of hydrogen-bond acceptors (Lipinski definition) is 5. The van der Waals surface area contributed by atoms with Crippen LogP contribution in [0.15, 0.2) is 47.8 Å². The van der Waals surface area contributed by atoms with Gasteiger partial charge in [0.2, 0.25) is 0 Å². The van der Waals surface area contributed by atoms with E-state index in [9.17, 15) is 9.59 Å². The van der Waals surface area contributed by atoms with Crippen LogP contribution in [0.4, 0.5) is 0 Å². The Balaban J connectivity index is 1.87. The summed E-state index contributed by atoms with van der Waals surface area (Å²) >= 11 is 1.37. The van der Waals surface area contributed by atoms with Gasteiger partial charge in [-0.25, -0.2) is 9.78 Å². The molecule has 0 fully saturated rings. The maximum atomic E-state index is 13.4. The molecule has 0 unspecified atom stereocenters. The van der Waals surface area contributed by atoms with Gasteiger partial charge in [-0.15, -0.1) is 11.3 Å². The predicted octanol–water partition coefficient (Wildman–Crippen LogP) is 4.92. The van der Waals surface area contributed by atoms with Crippen molar-refractivity contribution in [3.63, 3.8) is 0 Å². The van der Waals surface area contributed by atoms with E-state index in [4.69, 9.17) is 4.74 Å². The van der Waals surface area contributed by atoms with Gasteiger partial charge in [0.05, 0.1) is 13.7 Å². The lowest BCUT2D eigenvalue weighted by Gasteiger charge is -2.22. The molecule has 28 heavy (non-hydrogen) atoms. The summed E-state index contributed by atoms with van der Waals surface area (Å²) in [5.74, 6) is -0.469. The quantitative estimate of drug-likeness (QED) is 0.401. The van der Waals surface area contributed by atoms with E-state index in [1.165, 1.54) is 18.4 Å². The number of carbonyl (C=O) groups is 2. The van der Waals surface area contributed by atoms with Crippen molar-refractivity contribution in [1.29, 1.82) is 0 Å². The number of esters is 1. The Labute approximate surface area is 169 Å². The van der Waals surface area contributed by atoms with Gasteiger partial charge in [-0.1, -0.05) is 56.2 Å². The molecule has 0 bridgehead atoms. The summed E-state index contributed by atoms with van der Waals surface area (Å²) < 4.78 is 4.72. The Bertz CT molecular complexity index is 962. The molecule has 0 spiro atoms.